The third-order valence-corrected chi connectivity index (χ3v) is 7.48. The van der Waals surface area contributed by atoms with Crippen molar-refractivity contribution in [2.24, 2.45) is 11.1 Å². The smallest absolute Gasteiger partial charge is 0.177 e. The number of fused-ring (bicyclic) bond motifs is 1. The molecule has 2 aliphatic heterocycles. The van der Waals surface area contributed by atoms with Crippen LogP contribution in [0.4, 0.5) is 11.6 Å². The van der Waals surface area contributed by atoms with Crippen molar-refractivity contribution in [2.45, 2.75) is 38.5 Å². The first-order valence-electron chi connectivity index (χ1n) is 10.9. The summed E-state index contributed by atoms with van der Waals surface area (Å²) >= 11 is 12.3. The molecule has 2 fully saturated rings. The largest absolute Gasteiger partial charge is 0.390 e. The Morgan fingerprint density at radius 2 is 2.06 bits per heavy atom. The highest BCUT2D eigenvalue weighted by molar-refractivity contribution is 6.37. The number of aliphatic hydroxyl groups is 1. The summed E-state index contributed by atoms with van der Waals surface area (Å²) in [6.45, 7) is 3.94. The van der Waals surface area contributed by atoms with E-state index in [9.17, 15) is 5.11 Å². The van der Waals surface area contributed by atoms with Gasteiger partial charge in [-0.25, -0.2) is 15.0 Å². The molecular weight excluding hydrogens is 479 g/mol. The lowest BCUT2D eigenvalue weighted by Crippen LogP contribution is -2.51. The van der Waals surface area contributed by atoms with Gasteiger partial charge in [0.05, 0.1) is 34.9 Å². The van der Waals surface area contributed by atoms with E-state index in [1.807, 2.05) is 6.92 Å². The second kappa shape index (κ2) is 8.83. The summed E-state index contributed by atoms with van der Waals surface area (Å²) in [5.74, 6) is 6.56. The molecule has 6 N–H and O–H groups in total. The molecule has 0 bridgehead atoms. The average molecular weight is 503 g/mol. The quantitative estimate of drug-likeness (QED) is 0.384. The van der Waals surface area contributed by atoms with Gasteiger partial charge in [0.2, 0.25) is 0 Å². The lowest BCUT2D eigenvalue weighted by atomic mass is 9.73. The number of rotatable bonds is 2. The second-order valence-electron chi connectivity index (χ2n) is 8.74. The highest BCUT2D eigenvalue weighted by Crippen LogP contribution is 2.42. The minimum Gasteiger partial charge on any atom is -0.390 e. The lowest BCUT2D eigenvalue weighted by molar-refractivity contribution is 0.0973. The van der Waals surface area contributed by atoms with Crippen LogP contribution in [0.25, 0.3) is 11.2 Å². The van der Waals surface area contributed by atoms with Gasteiger partial charge >= 0.3 is 0 Å². The fraction of sp³-hybridized carbons (Fsp3) is 0.455. The number of hydrogen-bond donors (Lipinski definition) is 4. The van der Waals surface area contributed by atoms with E-state index in [2.05, 4.69) is 36.9 Å². The summed E-state index contributed by atoms with van der Waals surface area (Å²) in [5, 5.41) is 17.6. The van der Waals surface area contributed by atoms with Gasteiger partial charge in [-0.15, -0.1) is 0 Å². The topological polar surface area (TPSA) is 152 Å². The number of nitrogen functional groups attached to an aromatic ring is 1. The van der Waals surface area contributed by atoms with E-state index in [1.54, 1.807) is 0 Å². The summed E-state index contributed by atoms with van der Waals surface area (Å²) in [7, 11) is 0. The fourth-order valence-corrected chi connectivity index (χ4v) is 5.10. The van der Waals surface area contributed by atoms with Crippen LogP contribution in [0.5, 0.6) is 0 Å². The molecule has 0 amide bonds. The highest BCUT2D eigenvalue weighted by atomic mass is 35.5. The van der Waals surface area contributed by atoms with Gasteiger partial charge < -0.3 is 26.2 Å². The summed E-state index contributed by atoms with van der Waals surface area (Å²) in [5.41, 5.74) is 14.3. The first-order chi connectivity index (χ1) is 16.3. The maximum atomic E-state index is 10.0. The number of anilines is 2. The Labute approximate surface area is 206 Å². The summed E-state index contributed by atoms with van der Waals surface area (Å²) in [6, 6.07) is 0.0204. The molecule has 2 saturated heterocycles. The number of nitrogens with two attached hydrogens (primary N) is 2. The number of pyridine rings is 1. The number of nitrogens with zero attached hydrogens (tertiary/aromatic N) is 5. The van der Waals surface area contributed by atoms with Gasteiger partial charge in [-0.1, -0.05) is 29.1 Å². The van der Waals surface area contributed by atoms with Gasteiger partial charge in [0, 0.05) is 30.7 Å². The Hall–Kier alpha value is -2.68. The molecule has 34 heavy (non-hydrogen) atoms. The van der Waals surface area contributed by atoms with Crippen LogP contribution < -0.4 is 16.4 Å². The molecule has 3 aromatic rings. The molecule has 12 heteroatoms. The van der Waals surface area contributed by atoms with Gasteiger partial charge in [-0.2, -0.15) is 5.10 Å². The number of aromatic nitrogens is 5. The maximum absolute atomic E-state index is 10.0. The van der Waals surface area contributed by atoms with Gasteiger partial charge in [0.1, 0.15) is 17.0 Å². The molecule has 0 aromatic carbocycles. The number of piperidine rings is 1. The molecule has 1 spiro atoms. The number of H-pyrrole nitrogens is 1. The molecule has 0 radical (unpaired) electrons. The zero-order valence-electron chi connectivity index (χ0n) is 18.5. The normalized spacial score (nSPS) is 21.7. The van der Waals surface area contributed by atoms with Crippen molar-refractivity contribution in [2.75, 3.05) is 30.3 Å². The van der Waals surface area contributed by atoms with E-state index >= 15 is 0 Å². The maximum Gasteiger partial charge on any atom is 0.177 e. The molecular formula is C22H24Cl2N8O2. The van der Waals surface area contributed by atoms with Crippen LogP contribution in [0.15, 0.2) is 6.20 Å². The average Bonchev–Trinajstić information content (AvgIpc) is 3.37. The molecule has 178 valence electrons. The molecule has 5 heterocycles. The first-order valence-corrected chi connectivity index (χ1v) is 11.7. The van der Waals surface area contributed by atoms with Gasteiger partial charge in [0.25, 0.3) is 0 Å². The zero-order valence-corrected chi connectivity index (χ0v) is 20.0. The standard InChI is InChI=1S/C22H24Cl2N8O2/c1-11-18(25)22(10-34-11)4-6-32(7-5-22)21-15(9-33)28-17-14(30-31-20(17)29-21)3-2-12-13(23)8-27-19(26)16(12)24/h8,11,18,33H,4-7,9-10,25H2,1H3,(H2,26,27)(H,29,30,31)/t11-,18+/m0/s1. The predicted octanol–water partition coefficient (Wildman–Crippen LogP) is 1.86. The molecule has 10 nitrogen and oxygen atoms in total. The van der Waals surface area contributed by atoms with Crippen molar-refractivity contribution in [3.63, 3.8) is 0 Å². The number of hydrogen-bond acceptors (Lipinski definition) is 9. The molecule has 2 aliphatic rings. The Kier molecular flexibility index (Phi) is 6.00. The molecule has 2 atom stereocenters. The fourth-order valence-electron chi connectivity index (χ4n) is 4.67. The van der Waals surface area contributed by atoms with E-state index in [-0.39, 0.29) is 40.0 Å². The van der Waals surface area contributed by atoms with Crippen molar-refractivity contribution < 1.29 is 9.84 Å². The van der Waals surface area contributed by atoms with Crippen LogP contribution in [0.3, 0.4) is 0 Å². The second-order valence-corrected chi connectivity index (χ2v) is 9.53. The number of aromatic amines is 1. The molecule has 5 rings (SSSR count). The van der Waals surface area contributed by atoms with Crippen LogP contribution in [0.2, 0.25) is 10.0 Å². The first kappa shape index (κ1) is 23.1. The summed E-state index contributed by atoms with van der Waals surface area (Å²) in [6.07, 6.45) is 3.23. The lowest BCUT2D eigenvalue weighted by Gasteiger charge is -2.41. The van der Waals surface area contributed by atoms with E-state index in [0.29, 0.717) is 40.5 Å². The minimum absolute atomic E-state index is 0.0114. The third-order valence-electron chi connectivity index (χ3n) is 6.81. The van der Waals surface area contributed by atoms with E-state index in [4.69, 9.17) is 44.4 Å². The summed E-state index contributed by atoms with van der Waals surface area (Å²) in [4.78, 5) is 15.4. The van der Waals surface area contributed by atoms with E-state index in [0.717, 1.165) is 25.9 Å². The van der Waals surface area contributed by atoms with Crippen molar-refractivity contribution in [1.82, 2.24) is 25.1 Å². The highest BCUT2D eigenvalue weighted by Gasteiger charge is 2.47. The van der Waals surface area contributed by atoms with Crippen molar-refractivity contribution in [3.8, 4) is 11.8 Å². The Morgan fingerprint density at radius 1 is 1.29 bits per heavy atom. The molecule has 0 saturated carbocycles. The van der Waals surface area contributed by atoms with Crippen LogP contribution in [0, 0.1) is 17.3 Å². The van der Waals surface area contributed by atoms with Crippen LogP contribution in [0.1, 0.15) is 36.7 Å². The molecule has 0 aliphatic carbocycles. The number of halogens is 2. The zero-order chi connectivity index (χ0) is 24.0. The number of nitrogens with one attached hydrogen (secondary N) is 1. The number of ether oxygens (including phenoxy) is 1. The number of aliphatic hydroxyl groups excluding tert-OH is 1. The van der Waals surface area contributed by atoms with Gasteiger partial charge in [-0.05, 0) is 25.7 Å². The van der Waals surface area contributed by atoms with E-state index < -0.39 is 0 Å². The van der Waals surface area contributed by atoms with Gasteiger partial charge in [-0.3, -0.25) is 5.10 Å². The molecule has 0 unspecified atom stereocenters. The Morgan fingerprint density at radius 3 is 2.74 bits per heavy atom. The van der Waals surface area contributed by atoms with Crippen LogP contribution in [-0.2, 0) is 11.3 Å². The van der Waals surface area contributed by atoms with Crippen molar-refractivity contribution in [1.29, 1.82) is 0 Å². The third kappa shape index (κ3) is 3.83. The predicted molar refractivity (Wildman–Crippen MR) is 130 cm³/mol. The molecule has 3 aromatic heterocycles. The Balaban J connectivity index is 1.44. The van der Waals surface area contributed by atoms with Crippen molar-refractivity contribution in [3.05, 3.63) is 33.2 Å². The van der Waals surface area contributed by atoms with E-state index in [1.165, 1.54) is 6.20 Å². The SMILES string of the molecule is C[C@@H]1OCC2(CCN(c3nc4[nH]nc(C#Cc5c(Cl)cnc(N)c5Cl)c4nc3CO)CC2)[C@@H]1N. The van der Waals surface area contributed by atoms with Crippen LogP contribution in [-0.4, -0.2) is 62.1 Å². The minimum atomic E-state index is -0.268. The monoisotopic (exact) mass is 502 g/mol. The summed E-state index contributed by atoms with van der Waals surface area (Å²) < 4.78 is 5.82. The van der Waals surface area contributed by atoms with Crippen LogP contribution >= 0.6 is 23.2 Å². The van der Waals surface area contributed by atoms with Gasteiger partial charge in [0.15, 0.2) is 17.2 Å². The Bertz CT molecular complexity index is 1310. The van der Waals surface area contributed by atoms with Crippen molar-refractivity contribution >= 4 is 46.0 Å².